The van der Waals surface area contributed by atoms with E-state index in [4.69, 9.17) is 9.47 Å². The Kier molecular flexibility index (Phi) is 5.38. The highest BCUT2D eigenvalue weighted by molar-refractivity contribution is 5.94. The summed E-state index contributed by atoms with van der Waals surface area (Å²) in [5, 5.41) is 3.28. The molecule has 0 saturated carbocycles. The summed E-state index contributed by atoms with van der Waals surface area (Å²) in [5.74, 6) is 0.770. The number of piperazine rings is 1. The predicted molar refractivity (Wildman–Crippen MR) is 77.2 cm³/mol. The van der Waals surface area contributed by atoms with Gasteiger partial charge in [0.15, 0.2) is 0 Å². The number of methoxy groups -OCH3 is 1. The normalized spacial score (nSPS) is 18.9. The Labute approximate surface area is 119 Å². The number of nitrogens with zero attached hydrogens (tertiary/aromatic N) is 1. The Bertz CT molecular complexity index is 450. The van der Waals surface area contributed by atoms with Crippen molar-refractivity contribution in [3.63, 3.8) is 0 Å². The molecule has 1 atom stereocenters. The van der Waals surface area contributed by atoms with Gasteiger partial charge in [0.25, 0.3) is 5.91 Å². The van der Waals surface area contributed by atoms with Crippen LogP contribution in [0.1, 0.15) is 17.3 Å². The first kappa shape index (κ1) is 14.8. The van der Waals surface area contributed by atoms with E-state index in [9.17, 15) is 4.79 Å². The van der Waals surface area contributed by atoms with Crippen LogP contribution in [-0.4, -0.2) is 56.8 Å². The first-order chi connectivity index (χ1) is 9.72. The largest absolute Gasteiger partial charge is 0.491 e. The SMILES string of the molecule is COCCOc1cccc(C(=O)N2CCNC[C@H]2C)c1. The molecule has 5 heteroatoms. The molecule has 1 fully saturated rings. The molecule has 1 heterocycles. The number of nitrogens with one attached hydrogen (secondary N) is 1. The summed E-state index contributed by atoms with van der Waals surface area (Å²) in [6.07, 6.45) is 0. The van der Waals surface area contributed by atoms with Crippen LogP contribution in [0.5, 0.6) is 5.75 Å². The second-order valence-electron chi connectivity index (χ2n) is 4.92. The van der Waals surface area contributed by atoms with Gasteiger partial charge >= 0.3 is 0 Å². The van der Waals surface area contributed by atoms with Gasteiger partial charge in [-0.15, -0.1) is 0 Å². The Morgan fingerprint density at radius 2 is 2.30 bits per heavy atom. The molecule has 0 bridgehead atoms. The van der Waals surface area contributed by atoms with Crippen LogP contribution in [0.3, 0.4) is 0 Å². The third-order valence-corrected chi connectivity index (χ3v) is 3.40. The zero-order valence-electron chi connectivity index (χ0n) is 12.1. The summed E-state index contributed by atoms with van der Waals surface area (Å²) in [6, 6.07) is 7.55. The van der Waals surface area contributed by atoms with Crippen molar-refractivity contribution in [1.82, 2.24) is 10.2 Å². The number of rotatable bonds is 5. The van der Waals surface area contributed by atoms with Crippen molar-refractivity contribution < 1.29 is 14.3 Å². The van der Waals surface area contributed by atoms with E-state index >= 15 is 0 Å². The van der Waals surface area contributed by atoms with Crippen LogP contribution in [0.25, 0.3) is 0 Å². The highest BCUT2D eigenvalue weighted by Gasteiger charge is 2.24. The van der Waals surface area contributed by atoms with Crippen molar-refractivity contribution >= 4 is 5.91 Å². The minimum absolute atomic E-state index is 0.0659. The van der Waals surface area contributed by atoms with Crippen molar-refractivity contribution in [3.05, 3.63) is 29.8 Å². The fourth-order valence-electron chi connectivity index (χ4n) is 2.27. The minimum Gasteiger partial charge on any atom is -0.491 e. The smallest absolute Gasteiger partial charge is 0.254 e. The van der Waals surface area contributed by atoms with Crippen LogP contribution in [0, 0.1) is 0 Å². The molecular weight excluding hydrogens is 256 g/mol. The Balaban J connectivity index is 2.03. The van der Waals surface area contributed by atoms with Gasteiger partial charge in [0.1, 0.15) is 12.4 Å². The predicted octanol–water partition coefficient (Wildman–Crippen LogP) is 1.15. The van der Waals surface area contributed by atoms with Crippen LogP contribution in [0.4, 0.5) is 0 Å². The Morgan fingerprint density at radius 3 is 3.05 bits per heavy atom. The van der Waals surface area contributed by atoms with Crippen molar-refractivity contribution in [2.75, 3.05) is 40.0 Å². The molecule has 1 aliphatic heterocycles. The molecule has 0 radical (unpaired) electrons. The number of ether oxygens (including phenoxy) is 2. The van der Waals surface area contributed by atoms with Crippen LogP contribution < -0.4 is 10.1 Å². The maximum Gasteiger partial charge on any atom is 0.254 e. The fraction of sp³-hybridized carbons (Fsp3) is 0.533. The molecule has 1 saturated heterocycles. The summed E-state index contributed by atoms with van der Waals surface area (Å²) < 4.78 is 10.5. The number of carbonyl (C=O) groups is 1. The maximum absolute atomic E-state index is 12.5. The number of hydrogen-bond acceptors (Lipinski definition) is 4. The second kappa shape index (κ2) is 7.26. The van der Waals surface area contributed by atoms with Gasteiger partial charge < -0.3 is 19.7 Å². The minimum atomic E-state index is 0.0659. The van der Waals surface area contributed by atoms with E-state index in [-0.39, 0.29) is 11.9 Å². The lowest BCUT2D eigenvalue weighted by molar-refractivity contribution is 0.0655. The van der Waals surface area contributed by atoms with Gasteiger partial charge in [-0.05, 0) is 25.1 Å². The highest BCUT2D eigenvalue weighted by atomic mass is 16.5. The van der Waals surface area contributed by atoms with Gasteiger partial charge in [-0.3, -0.25) is 4.79 Å². The fourth-order valence-corrected chi connectivity index (χ4v) is 2.27. The van der Waals surface area contributed by atoms with E-state index in [1.807, 2.05) is 23.1 Å². The average molecular weight is 278 g/mol. The molecule has 0 aromatic heterocycles. The first-order valence-corrected chi connectivity index (χ1v) is 6.96. The van der Waals surface area contributed by atoms with Crippen molar-refractivity contribution in [1.29, 1.82) is 0 Å². The summed E-state index contributed by atoms with van der Waals surface area (Å²) >= 11 is 0. The maximum atomic E-state index is 12.5. The molecule has 1 aromatic rings. The molecule has 20 heavy (non-hydrogen) atoms. The second-order valence-corrected chi connectivity index (χ2v) is 4.92. The quantitative estimate of drug-likeness (QED) is 0.821. The lowest BCUT2D eigenvalue weighted by Crippen LogP contribution is -2.52. The van der Waals surface area contributed by atoms with Crippen molar-refractivity contribution in [2.24, 2.45) is 0 Å². The van der Waals surface area contributed by atoms with Crippen molar-refractivity contribution in [3.8, 4) is 5.75 Å². The molecule has 0 unspecified atom stereocenters. The molecule has 0 spiro atoms. The molecule has 5 nitrogen and oxygen atoms in total. The van der Waals surface area contributed by atoms with Crippen molar-refractivity contribution in [2.45, 2.75) is 13.0 Å². The Hall–Kier alpha value is -1.59. The van der Waals surface area contributed by atoms with E-state index < -0.39 is 0 Å². The summed E-state index contributed by atoms with van der Waals surface area (Å²) in [5.41, 5.74) is 0.675. The molecule has 1 N–H and O–H groups in total. The third kappa shape index (κ3) is 3.71. The number of hydrogen-bond donors (Lipinski definition) is 1. The van der Waals surface area contributed by atoms with E-state index in [2.05, 4.69) is 12.2 Å². The lowest BCUT2D eigenvalue weighted by Gasteiger charge is -2.34. The zero-order chi connectivity index (χ0) is 14.4. The van der Waals surface area contributed by atoms with Gasteiger partial charge in [-0.2, -0.15) is 0 Å². The van der Waals surface area contributed by atoms with Gasteiger partial charge in [-0.1, -0.05) is 6.07 Å². The molecular formula is C15H22N2O3. The lowest BCUT2D eigenvalue weighted by atomic mass is 10.1. The van der Waals surface area contributed by atoms with E-state index in [0.717, 1.165) is 19.6 Å². The number of amides is 1. The van der Waals surface area contributed by atoms with Crippen LogP contribution in [-0.2, 0) is 4.74 Å². The van der Waals surface area contributed by atoms with Gasteiger partial charge in [0.05, 0.1) is 6.61 Å². The van der Waals surface area contributed by atoms with E-state index in [1.165, 1.54) is 0 Å². The monoisotopic (exact) mass is 278 g/mol. The topological polar surface area (TPSA) is 50.8 Å². The standard InChI is InChI=1S/C15H22N2O3/c1-12-11-16-6-7-17(12)15(18)13-4-3-5-14(10-13)20-9-8-19-2/h3-5,10,12,16H,6-9,11H2,1-2H3/t12-/m1/s1. The Morgan fingerprint density at radius 1 is 1.45 bits per heavy atom. The van der Waals surface area contributed by atoms with E-state index in [1.54, 1.807) is 13.2 Å². The average Bonchev–Trinajstić information content (AvgIpc) is 2.48. The molecule has 2 rings (SSSR count). The zero-order valence-corrected chi connectivity index (χ0v) is 12.1. The number of carbonyl (C=O) groups excluding carboxylic acids is 1. The number of benzene rings is 1. The first-order valence-electron chi connectivity index (χ1n) is 6.96. The summed E-state index contributed by atoms with van der Waals surface area (Å²) in [4.78, 5) is 14.4. The molecule has 110 valence electrons. The molecule has 1 amide bonds. The van der Waals surface area contributed by atoms with E-state index in [0.29, 0.717) is 24.5 Å². The van der Waals surface area contributed by atoms with Crippen LogP contribution >= 0.6 is 0 Å². The third-order valence-electron chi connectivity index (χ3n) is 3.40. The summed E-state index contributed by atoms with van der Waals surface area (Å²) in [6.45, 7) is 5.51. The molecule has 0 aliphatic carbocycles. The van der Waals surface area contributed by atoms with Gasteiger partial charge in [-0.25, -0.2) is 0 Å². The highest BCUT2D eigenvalue weighted by Crippen LogP contribution is 2.16. The van der Waals surface area contributed by atoms with Gasteiger partial charge in [0, 0.05) is 38.3 Å². The van der Waals surface area contributed by atoms with Crippen LogP contribution in [0.15, 0.2) is 24.3 Å². The molecule has 1 aromatic carbocycles. The van der Waals surface area contributed by atoms with Gasteiger partial charge in [0.2, 0.25) is 0 Å². The molecule has 1 aliphatic rings. The summed E-state index contributed by atoms with van der Waals surface area (Å²) in [7, 11) is 1.63. The van der Waals surface area contributed by atoms with Crippen LogP contribution in [0.2, 0.25) is 0 Å².